The third kappa shape index (κ3) is 5.15. The van der Waals surface area contributed by atoms with E-state index in [9.17, 15) is 35.0 Å². The molecule has 0 bridgehead atoms. The Labute approximate surface area is 251 Å². The largest absolute Gasteiger partial charge is 0.416 e. The average Bonchev–Trinajstić information content (AvgIpc) is 3.76. The molecule has 3 aliphatic rings. The van der Waals surface area contributed by atoms with Gasteiger partial charge in [0.1, 0.15) is 11.6 Å². The molecule has 1 atom stereocenters. The van der Waals surface area contributed by atoms with E-state index in [2.05, 4.69) is 5.32 Å². The second-order valence-electron chi connectivity index (χ2n) is 11.6. The summed E-state index contributed by atoms with van der Waals surface area (Å²) in [7, 11) is -7.35. The maximum Gasteiger partial charge on any atom is 0.416 e. The van der Waals surface area contributed by atoms with E-state index in [1.807, 2.05) is 0 Å². The molecule has 1 saturated carbocycles. The lowest BCUT2D eigenvalue weighted by molar-refractivity contribution is -0.138. The molecule has 6 rings (SSSR count). The number of nitrogens with one attached hydrogen (secondary N) is 2. The van der Waals surface area contributed by atoms with Crippen molar-refractivity contribution in [2.24, 2.45) is 5.92 Å². The van der Waals surface area contributed by atoms with Crippen molar-refractivity contribution in [2.45, 2.75) is 54.8 Å². The topological polar surface area (TPSA) is 107 Å². The standard InChI is InChI=1S/C30H28F5N3O4S2/c31-20-7-9-21(10-8-20)44(41,42)38-24-12-11-22(28(39)37-17-19-3-1-2-4-23(19)30(33,34)35)26(32)25(24)29(27(38)18-5-6-18)13-15-43(36,40)16-14-29/h1-4,7-12,18,27,36H,5-6,13-17H2,(H,37,39). The summed E-state index contributed by atoms with van der Waals surface area (Å²) < 4.78 is 121. The molecule has 1 unspecified atom stereocenters. The first-order valence-electron chi connectivity index (χ1n) is 14.0. The Hall–Kier alpha value is -3.52. The summed E-state index contributed by atoms with van der Waals surface area (Å²) in [5, 5.41) is 2.36. The Morgan fingerprint density at radius 2 is 1.64 bits per heavy atom. The number of rotatable bonds is 6. The number of sulfonamides is 1. The van der Waals surface area contributed by atoms with Crippen molar-refractivity contribution in [3.63, 3.8) is 0 Å². The van der Waals surface area contributed by atoms with Crippen molar-refractivity contribution >= 4 is 31.3 Å². The Balaban J connectivity index is 1.45. The van der Waals surface area contributed by atoms with Crippen LogP contribution in [0.4, 0.5) is 27.6 Å². The first-order valence-corrected chi connectivity index (χ1v) is 17.3. The summed E-state index contributed by atoms with van der Waals surface area (Å²) in [5.74, 6) is -3.00. The average molecular weight is 654 g/mol. The number of hydrogen-bond acceptors (Lipinski definition) is 5. The van der Waals surface area contributed by atoms with E-state index in [-0.39, 0.29) is 52.0 Å². The van der Waals surface area contributed by atoms with Crippen LogP contribution in [0.2, 0.25) is 0 Å². The summed E-state index contributed by atoms with van der Waals surface area (Å²) in [6, 6.07) is 10.6. The van der Waals surface area contributed by atoms with Crippen LogP contribution >= 0.6 is 0 Å². The smallest absolute Gasteiger partial charge is 0.348 e. The molecule has 1 spiro atoms. The molecule has 2 heterocycles. The number of nitrogens with zero attached hydrogens (tertiary/aromatic N) is 1. The molecule has 44 heavy (non-hydrogen) atoms. The predicted molar refractivity (Wildman–Crippen MR) is 153 cm³/mol. The van der Waals surface area contributed by atoms with Crippen LogP contribution in [-0.2, 0) is 37.9 Å². The van der Waals surface area contributed by atoms with Gasteiger partial charge in [-0.05, 0) is 79.6 Å². The van der Waals surface area contributed by atoms with Crippen LogP contribution in [0.15, 0.2) is 65.6 Å². The minimum Gasteiger partial charge on any atom is -0.348 e. The fourth-order valence-corrected chi connectivity index (χ4v) is 10.0. The molecule has 0 radical (unpaired) electrons. The van der Waals surface area contributed by atoms with Crippen molar-refractivity contribution < 1.29 is 39.4 Å². The minimum atomic E-state index is -4.67. The van der Waals surface area contributed by atoms with Crippen molar-refractivity contribution in [3.05, 3.63) is 94.6 Å². The lowest BCUT2D eigenvalue weighted by atomic mass is 9.70. The van der Waals surface area contributed by atoms with Gasteiger partial charge in [-0.15, -0.1) is 0 Å². The van der Waals surface area contributed by atoms with Gasteiger partial charge in [-0.2, -0.15) is 13.2 Å². The summed E-state index contributed by atoms with van der Waals surface area (Å²) in [6.45, 7) is -0.535. The van der Waals surface area contributed by atoms with Crippen LogP contribution in [0.3, 0.4) is 0 Å². The summed E-state index contributed by atoms with van der Waals surface area (Å²) in [6.07, 6.45) is -3.28. The van der Waals surface area contributed by atoms with E-state index in [0.29, 0.717) is 12.8 Å². The molecular weight excluding hydrogens is 625 g/mol. The number of fused-ring (bicyclic) bond motifs is 2. The number of benzene rings is 3. The van der Waals surface area contributed by atoms with Crippen LogP contribution in [-0.4, -0.2) is 36.1 Å². The number of carbonyl (C=O) groups excluding carboxylic acids is 1. The first kappa shape index (κ1) is 30.5. The monoisotopic (exact) mass is 653 g/mol. The van der Waals surface area contributed by atoms with Gasteiger partial charge in [0.05, 0.1) is 27.8 Å². The molecular formula is C30H28F5N3O4S2. The highest BCUT2D eigenvalue weighted by Crippen LogP contribution is 2.60. The zero-order valence-corrected chi connectivity index (χ0v) is 24.8. The number of anilines is 1. The lowest BCUT2D eigenvalue weighted by Crippen LogP contribution is -2.52. The van der Waals surface area contributed by atoms with Crippen LogP contribution < -0.4 is 9.62 Å². The molecule has 1 aliphatic carbocycles. The van der Waals surface area contributed by atoms with Gasteiger partial charge in [0.25, 0.3) is 15.9 Å². The molecule has 3 aromatic carbocycles. The first-order chi connectivity index (χ1) is 20.7. The number of amides is 1. The van der Waals surface area contributed by atoms with E-state index in [4.69, 9.17) is 4.78 Å². The minimum absolute atomic E-state index is 0.000992. The second-order valence-corrected chi connectivity index (χ2v) is 15.8. The fraction of sp³-hybridized carbons (Fsp3) is 0.367. The molecule has 3 aromatic rings. The third-order valence-corrected chi connectivity index (χ3v) is 12.4. The predicted octanol–water partition coefficient (Wildman–Crippen LogP) is 5.98. The molecule has 1 amide bonds. The molecule has 1 saturated heterocycles. The number of halogens is 5. The number of alkyl halides is 3. The van der Waals surface area contributed by atoms with Gasteiger partial charge >= 0.3 is 6.18 Å². The highest BCUT2D eigenvalue weighted by molar-refractivity contribution is 7.93. The van der Waals surface area contributed by atoms with Gasteiger partial charge in [0.2, 0.25) is 0 Å². The van der Waals surface area contributed by atoms with Crippen molar-refractivity contribution in [3.8, 4) is 0 Å². The van der Waals surface area contributed by atoms with Crippen molar-refractivity contribution in [1.29, 1.82) is 4.78 Å². The highest BCUT2D eigenvalue weighted by Gasteiger charge is 2.61. The van der Waals surface area contributed by atoms with E-state index < -0.39 is 72.6 Å². The maximum atomic E-state index is 16.7. The Kier molecular flexibility index (Phi) is 7.31. The summed E-state index contributed by atoms with van der Waals surface area (Å²) in [4.78, 5) is 13.0. The second kappa shape index (κ2) is 10.5. The third-order valence-electron chi connectivity index (χ3n) is 8.88. The molecule has 7 nitrogen and oxygen atoms in total. The normalized spacial score (nSPS) is 25.2. The number of hydrogen-bond donors (Lipinski definition) is 2. The van der Waals surface area contributed by atoms with Crippen LogP contribution in [0.5, 0.6) is 0 Å². The SMILES string of the molecule is N=S1(=O)CCC2(CC1)c1c(ccc(C(=O)NCc3ccccc3C(F)(F)F)c1F)N(S(=O)(=O)c1ccc(F)cc1)C2C1CC1. The summed E-state index contributed by atoms with van der Waals surface area (Å²) >= 11 is 0. The highest BCUT2D eigenvalue weighted by atomic mass is 32.2. The number of carbonyl (C=O) groups is 1. The maximum absolute atomic E-state index is 16.7. The zero-order chi connectivity index (χ0) is 31.7. The van der Waals surface area contributed by atoms with Gasteiger partial charge in [-0.25, -0.2) is 21.4 Å². The molecule has 14 heteroatoms. The fourth-order valence-electron chi connectivity index (χ4n) is 6.66. The molecule has 0 aromatic heterocycles. The van der Waals surface area contributed by atoms with Gasteiger partial charge in [0, 0.05) is 38.8 Å². The Morgan fingerprint density at radius 3 is 2.25 bits per heavy atom. The molecule has 234 valence electrons. The zero-order valence-electron chi connectivity index (χ0n) is 23.2. The van der Waals surface area contributed by atoms with Crippen molar-refractivity contribution in [1.82, 2.24) is 5.32 Å². The quantitative estimate of drug-likeness (QED) is 0.319. The van der Waals surface area contributed by atoms with E-state index >= 15 is 4.39 Å². The Bertz CT molecular complexity index is 1840. The lowest BCUT2D eigenvalue weighted by Gasteiger charge is -2.42. The Morgan fingerprint density at radius 1 is 1.00 bits per heavy atom. The summed E-state index contributed by atoms with van der Waals surface area (Å²) in [5.41, 5.74) is -2.87. The molecule has 2 N–H and O–H groups in total. The molecule has 2 fully saturated rings. The van der Waals surface area contributed by atoms with E-state index in [1.54, 1.807) is 0 Å². The van der Waals surface area contributed by atoms with Crippen LogP contribution in [0, 0.1) is 22.3 Å². The van der Waals surface area contributed by atoms with Gasteiger partial charge in [-0.3, -0.25) is 13.9 Å². The van der Waals surface area contributed by atoms with E-state index in [1.165, 1.54) is 24.3 Å². The molecule has 2 aliphatic heterocycles. The van der Waals surface area contributed by atoms with Crippen molar-refractivity contribution in [2.75, 3.05) is 15.8 Å². The van der Waals surface area contributed by atoms with E-state index in [0.717, 1.165) is 40.7 Å². The van der Waals surface area contributed by atoms with Crippen LogP contribution in [0.1, 0.15) is 52.7 Å². The van der Waals surface area contributed by atoms with Gasteiger partial charge in [0.15, 0.2) is 0 Å². The van der Waals surface area contributed by atoms with Gasteiger partial charge < -0.3 is 5.32 Å². The van der Waals surface area contributed by atoms with Gasteiger partial charge in [-0.1, -0.05) is 18.2 Å². The van der Waals surface area contributed by atoms with Crippen LogP contribution in [0.25, 0.3) is 0 Å².